The Kier molecular flexibility index (Phi) is 3.48. The molecule has 5 heteroatoms. The maximum absolute atomic E-state index is 12.6. The van der Waals surface area contributed by atoms with Gasteiger partial charge in [0.1, 0.15) is 11.5 Å². The molecule has 106 valence electrons. The molecule has 0 unspecified atom stereocenters. The summed E-state index contributed by atoms with van der Waals surface area (Å²) in [6, 6.07) is 7.10. The molecule has 2 rings (SSSR count). The Morgan fingerprint density at radius 3 is 2.10 bits per heavy atom. The van der Waals surface area contributed by atoms with Crippen molar-refractivity contribution in [2.45, 2.75) is 30.6 Å². The van der Waals surface area contributed by atoms with Gasteiger partial charge in [-0.05, 0) is 67.8 Å². The number of benzene rings is 2. The molecule has 0 aromatic heterocycles. The zero-order valence-corrected chi connectivity index (χ0v) is 12.3. The number of aromatic hydroxyl groups is 2. The summed E-state index contributed by atoms with van der Waals surface area (Å²) in [4.78, 5) is 0.181. The Morgan fingerprint density at radius 1 is 0.850 bits per heavy atom. The summed E-state index contributed by atoms with van der Waals surface area (Å²) in [6.45, 7) is 4.98. The van der Waals surface area contributed by atoms with Crippen molar-refractivity contribution in [1.29, 1.82) is 0 Å². The van der Waals surface area contributed by atoms with Gasteiger partial charge in [-0.25, -0.2) is 8.42 Å². The summed E-state index contributed by atoms with van der Waals surface area (Å²) < 4.78 is 25.3. The third-order valence-electron chi connectivity index (χ3n) is 3.13. The first-order valence-electron chi connectivity index (χ1n) is 6.08. The van der Waals surface area contributed by atoms with Gasteiger partial charge in [-0.3, -0.25) is 0 Å². The van der Waals surface area contributed by atoms with Gasteiger partial charge in [-0.1, -0.05) is 0 Å². The minimum atomic E-state index is -3.73. The lowest BCUT2D eigenvalue weighted by atomic mass is 10.1. The Hall–Kier alpha value is -2.01. The number of hydrogen-bond acceptors (Lipinski definition) is 4. The lowest BCUT2D eigenvalue weighted by molar-refractivity contribution is 0.469. The minimum Gasteiger partial charge on any atom is -0.508 e. The van der Waals surface area contributed by atoms with Crippen molar-refractivity contribution in [2.24, 2.45) is 0 Å². The van der Waals surface area contributed by atoms with E-state index in [1.54, 1.807) is 20.8 Å². The molecule has 0 fully saturated rings. The van der Waals surface area contributed by atoms with E-state index in [9.17, 15) is 18.6 Å². The van der Waals surface area contributed by atoms with Crippen LogP contribution in [0.4, 0.5) is 0 Å². The second-order valence-corrected chi connectivity index (χ2v) is 6.83. The van der Waals surface area contributed by atoms with E-state index >= 15 is 0 Å². The van der Waals surface area contributed by atoms with Crippen LogP contribution in [0.2, 0.25) is 0 Å². The number of hydrogen-bond donors (Lipinski definition) is 2. The molecule has 20 heavy (non-hydrogen) atoms. The first-order valence-corrected chi connectivity index (χ1v) is 7.56. The van der Waals surface area contributed by atoms with Crippen molar-refractivity contribution in [3.05, 3.63) is 47.0 Å². The van der Waals surface area contributed by atoms with Crippen LogP contribution in [0.25, 0.3) is 0 Å². The fourth-order valence-corrected chi connectivity index (χ4v) is 3.76. The topological polar surface area (TPSA) is 74.6 Å². The average molecular weight is 292 g/mol. The van der Waals surface area contributed by atoms with Gasteiger partial charge in [-0.15, -0.1) is 0 Å². The molecule has 2 N–H and O–H groups in total. The van der Waals surface area contributed by atoms with E-state index in [0.29, 0.717) is 16.7 Å². The molecular weight excluding hydrogens is 276 g/mol. The third kappa shape index (κ3) is 2.49. The lowest BCUT2D eigenvalue weighted by Crippen LogP contribution is -2.05. The van der Waals surface area contributed by atoms with Crippen LogP contribution in [0.1, 0.15) is 16.7 Å². The molecule has 2 aromatic carbocycles. The Labute approximate surface area is 118 Å². The largest absolute Gasteiger partial charge is 0.508 e. The van der Waals surface area contributed by atoms with Crippen molar-refractivity contribution in [1.82, 2.24) is 0 Å². The van der Waals surface area contributed by atoms with Crippen LogP contribution in [0.5, 0.6) is 11.5 Å². The highest BCUT2D eigenvalue weighted by atomic mass is 32.2. The first-order chi connectivity index (χ1) is 9.21. The van der Waals surface area contributed by atoms with E-state index in [4.69, 9.17) is 0 Å². The summed E-state index contributed by atoms with van der Waals surface area (Å²) in [5.74, 6) is -0.0229. The molecule has 0 heterocycles. The Bertz CT molecular complexity index is 756. The van der Waals surface area contributed by atoms with E-state index in [1.165, 1.54) is 30.3 Å². The normalized spacial score (nSPS) is 11.6. The van der Waals surface area contributed by atoms with Crippen LogP contribution in [-0.2, 0) is 9.84 Å². The third-order valence-corrected chi connectivity index (χ3v) is 5.00. The maximum atomic E-state index is 12.6. The van der Waals surface area contributed by atoms with Gasteiger partial charge >= 0.3 is 0 Å². The summed E-state index contributed by atoms with van der Waals surface area (Å²) in [7, 11) is -3.73. The van der Waals surface area contributed by atoms with E-state index in [0.717, 1.165) is 0 Å². The number of rotatable bonds is 2. The van der Waals surface area contributed by atoms with Crippen LogP contribution >= 0.6 is 0 Å². The molecule has 0 aliphatic rings. The molecule has 0 saturated carbocycles. The highest BCUT2D eigenvalue weighted by molar-refractivity contribution is 7.91. The smallest absolute Gasteiger partial charge is 0.207 e. The molecule has 0 spiro atoms. The fourth-order valence-electron chi connectivity index (χ4n) is 2.07. The van der Waals surface area contributed by atoms with E-state index < -0.39 is 9.84 Å². The van der Waals surface area contributed by atoms with Crippen LogP contribution in [0.3, 0.4) is 0 Å². The summed E-state index contributed by atoms with van der Waals surface area (Å²) >= 11 is 0. The first kappa shape index (κ1) is 14.4. The molecule has 0 aliphatic heterocycles. The minimum absolute atomic E-state index is 0.0446. The summed E-state index contributed by atoms with van der Waals surface area (Å²) in [5.41, 5.74) is 1.62. The van der Waals surface area contributed by atoms with Crippen molar-refractivity contribution in [3.63, 3.8) is 0 Å². The molecule has 0 saturated heterocycles. The van der Waals surface area contributed by atoms with Gasteiger partial charge in [-0.2, -0.15) is 0 Å². The molecule has 0 amide bonds. The molecular formula is C15H16O4S. The SMILES string of the molecule is Cc1cc(O)cc(S(=O)(=O)c2cc(C)c(O)cc2C)c1. The van der Waals surface area contributed by atoms with Crippen LogP contribution in [0, 0.1) is 20.8 Å². The van der Waals surface area contributed by atoms with Crippen LogP contribution < -0.4 is 0 Å². The standard InChI is InChI=1S/C15H16O4S/c1-9-4-12(16)8-13(5-9)20(18,19)15-7-10(2)14(17)6-11(15)3/h4-8,16-17H,1-3H3. The second-order valence-electron chi connectivity index (χ2n) is 4.91. The van der Waals surface area contributed by atoms with Gasteiger partial charge in [0.05, 0.1) is 9.79 Å². The maximum Gasteiger partial charge on any atom is 0.207 e. The zero-order chi connectivity index (χ0) is 15.1. The van der Waals surface area contributed by atoms with Crippen molar-refractivity contribution >= 4 is 9.84 Å². The monoisotopic (exact) mass is 292 g/mol. The Balaban J connectivity index is 2.70. The van der Waals surface area contributed by atoms with Gasteiger partial charge in [0.2, 0.25) is 9.84 Å². The molecule has 2 aromatic rings. The number of phenolic OH excluding ortho intramolecular Hbond substituents is 2. The predicted octanol–water partition coefficient (Wildman–Crippen LogP) is 2.86. The molecule has 0 aliphatic carbocycles. The number of phenols is 2. The van der Waals surface area contributed by atoms with Crippen LogP contribution in [-0.4, -0.2) is 18.6 Å². The number of sulfone groups is 1. The average Bonchev–Trinajstić information content (AvgIpc) is 2.32. The van der Waals surface area contributed by atoms with E-state index in [1.807, 2.05) is 0 Å². The molecule has 0 radical (unpaired) electrons. The van der Waals surface area contributed by atoms with E-state index in [-0.39, 0.29) is 21.3 Å². The van der Waals surface area contributed by atoms with E-state index in [2.05, 4.69) is 0 Å². The number of aryl methyl sites for hydroxylation is 3. The molecule has 0 bridgehead atoms. The summed E-state index contributed by atoms with van der Waals surface area (Å²) in [6.07, 6.45) is 0. The lowest BCUT2D eigenvalue weighted by Gasteiger charge is -2.11. The second kappa shape index (κ2) is 4.83. The van der Waals surface area contributed by atoms with Crippen molar-refractivity contribution in [2.75, 3.05) is 0 Å². The van der Waals surface area contributed by atoms with Crippen molar-refractivity contribution in [3.8, 4) is 11.5 Å². The highest BCUT2D eigenvalue weighted by Gasteiger charge is 2.22. The quantitative estimate of drug-likeness (QED) is 0.892. The van der Waals surface area contributed by atoms with Gasteiger partial charge in [0.15, 0.2) is 0 Å². The molecule has 0 atom stereocenters. The Morgan fingerprint density at radius 2 is 1.50 bits per heavy atom. The molecule has 4 nitrogen and oxygen atoms in total. The zero-order valence-electron chi connectivity index (χ0n) is 11.5. The van der Waals surface area contributed by atoms with Gasteiger partial charge < -0.3 is 10.2 Å². The van der Waals surface area contributed by atoms with Crippen molar-refractivity contribution < 1.29 is 18.6 Å². The summed E-state index contributed by atoms with van der Waals surface area (Å²) in [5, 5.41) is 19.2. The van der Waals surface area contributed by atoms with Gasteiger partial charge in [0, 0.05) is 0 Å². The highest BCUT2D eigenvalue weighted by Crippen LogP contribution is 2.30. The fraction of sp³-hybridized carbons (Fsp3) is 0.200. The predicted molar refractivity (Wildman–Crippen MR) is 75.9 cm³/mol. The van der Waals surface area contributed by atoms with Gasteiger partial charge in [0.25, 0.3) is 0 Å². The van der Waals surface area contributed by atoms with Crippen LogP contribution in [0.15, 0.2) is 40.1 Å².